The van der Waals surface area contributed by atoms with E-state index < -0.39 is 12.1 Å². The molecule has 1 aromatic carbocycles. The molecule has 1 aromatic heterocycles. The van der Waals surface area contributed by atoms with E-state index in [4.69, 9.17) is 5.11 Å². The molecular formula is C11H10FNO2. The van der Waals surface area contributed by atoms with Crippen LogP contribution >= 0.6 is 0 Å². The fourth-order valence-electron chi connectivity index (χ4n) is 1.50. The summed E-state index contributed by atoms with van der Waals surface area (Å²) < 4.78 is 13.0. The Kier molecular flexibility index (Phi) is 2.19. The van der Waals surface area contributed by atoms with E-state index in [-0.39, 0.29) is 5.56 Å². The number of aromatic nitrogens is 1. The SMILES string of the molecule is CC(F)c1cc2cc(C(=O)O)ccc2[nH]1. The summed E-state index contributed by atoms with van der Waals surface area (Å²) in [7, 11) is 0. The number of carbonyl (C=O) groups is 1. The van der Waals surface area contributed by atoms with E-state index in [1.807, 2.05) is 0 Å². The number of alkyl halides is 1. The second-order valence-electron chi connectivity index (χ2n) is 3.45. The lowest BCUT2D eigenvalue weighted by atomic mass is 10.1. The summed E-state index contributed by atoms with van der Waals surface area (Å²) in [6, 6.07) is 6.30. The highest BCUT2D eigenvalue weighted by Crippen LogP contribution is 2.22. The minimum atomic E-state index is -1.08. The first-order valence-corrected chi connectivity index (χ1v) is 4.58. The molecule has 0 fully saturated rings. The molecule has 4 heteroatoms. The summed E-state index contributed by atoms with van der Waals surface area (Å²) in [5.74, 6) is -0.979. The Morgan fingerprint density at radius 1 is 1.47 bits per heavy atom. The van der Waals surface area contributed by atoms with Crippen LogP contribution < -0.4 is 0 Å². The van der Waals surface area contributed by atoms with E-state index in [0.717, 1.165) is 10.9 Å². The molecule has 1 atom stereocenters. The highest BCUT2D eigenvalue weighted by molar-refractivity contribution is 5.93. The zero-order chi connectivity index (χ0) is 11.0. The third kappa shape index (κ3) is 1.70. The van der Waals surface area contributed by atoms with Crippen LogP contribution in [0.1, 0.15) is 29.1 Å². The molecule has 0 saturated carbocycles. The molecule has 0 aliphatic heterocycles. The van der Waals surface area contributed by atoms with Crippen molar-refractivity contribution in [2.75, 3.05) is 0 Å². The first-order valence-electron chi connectivity index (χ1n) is 4.58. The minimum absolute atomic E-state index is 0.208. The number of benzene rings is 1. The van der Waals surface area contributed by atoms with Gasteiger partial charge in [-0.05, 0) is 31.2 Å². The number of aromatic carboxylic acids is 1. The average Bonchev–Trinajstić information content (AvgIpc) is 2.59. The summed E-state index contributed by atoms with van der Waals surface area (Å²) in [6.07, 6.45) is -1.08. The molecule has 2 aromatic rings. The third-order valence-electron chi connectivity index (χ3n) is 2.32. The average molecular weight is 207 g/mol. The van der Waals surface area contributed by atoms with Crippen molar-refractivity contribution in [2.24, 2.45) is 0 Å². The van der Waals surface area contributed by atoms with Gasteiger partial charge in [-0.2, -0.15) is 0 Å². The second kappa shape index (κ2) is 3.38. The van der Waals surface area contributed by atoms with Crippen LogP contribution in [-0.4, -0.2) is 16.1 Å². The Morgan fingerprint density at radius 2 is 2.20 bits per heavy atom. The van der Waals surface area contributed by atoms with Gasteiger partial charge in [0.2, 0.25) is 0 Å². The Balaban J connectivity index is 2.57. The van der Waals surface area contributed by atoms with Crippen LogP contribution in [0.2, 0.25) is 0 Å². The van der Waals surface area contributed by atoms with Crippen molar-refractivity contribution in [3.8, 4) is 0 Å². The molecule has 3 nitrogen and oxygen atoms in total. The zero-order valence-corrected chi connectivity index (χ0v) is 8.12. The van der Waals surface area contributed by atoms with Gasteiger partial charge in [-0.15, -0.1) is 0 Å². The van der Waals surface area contributed by atoms with Crippen molar-refractivity contribution in [2.45, 2.75) is 13.1 Å². The molecule has 1 unspecified atom stereocenters. The van der Waals surface area contributed by atoms with Crippen molar-refractivity contribution in [3.63, 3.8) is 0 Å². The van der Waals surface area contributed by atoms with Gasteiger partial charge in [0, 0.05) is 10.9 Å². The lowest BCUT2D eigenvalue weighted by Crippen LogP contribution is -1.94. The summed E-state index contributed by atoms with van der Waals surface area (Å²) in [4.78, 5) is 13.6. The third-order valence-corrected chi connectivity index (χ3v) is 2.32. The van der Waals surface area contributed by atoms with Crippen LogP contribution in [0.25, 0.3) is 10.9 Å². The van der Waals surface area contributed by atoms with Gasteiger partial charge in [0.05, 0.1) is 11.3 Å². The minimum Gasteiger partial charge on any atom is -0.478 e. The van der Waals surface area contributed by atoms with Crippen molar-refractivity contribution < 1.29 is 14.3 Å². The normalized spacial score (nSPS) is 12.9. The van der Waals surface area contributed by atoms with E-state index in [1.54, 1.807) is 12.1 Å². The van der Waals surface area contributed by atoms with E-state index in [0.29, 0.717) is 5.69 Å². The van der Waals surface area contributed by atoms with Gasteiger partial charge in [0.15, 0.2) is 0 Å². The molecule has 0 spiro atoms. The molecule has 2 N–H and O–H groups in total. The number of hydrogen-bond donors (Lipinski definition) is 2. The highest BCUT2D eigenvalue weighted by atomic mass is 19.1. The smallest absolute Gasteiger partial charge is 0.335 e. The molecule has 0 amide bonds. The first-order chi connectivity index (χ1) is 7.08. The Labute approximate surface area is 85.5 Å². The van der Waals surface area contributed by atoms with Crippen molar-refractivity contribution >= 4 is 16.9 Å². The number of aromatic amines is 1. The molecule has 0 aliphatic rings. The maximum Gasteiger partial charge on any atom is 0.335 e. The van der Waals surface area contributed by atoms with Crippen LogP contribution in [0.4, 0.5) is 4.39 Å². The Hall–Kier alpha value is -1.84. The van der Waals surface area contributed by atoms with Crippen LogP contribution in [0, 0.1) is 0 Å². The van der Waals surface area contributed by atoms with Gasteiger partial charge < -0.3 is 10.1 Å². The lowest BCUT2D eigenvalue weighted by Gasteiger charge is -1.94. The van der Waals surface area contributed by atoms with E-state index in [1.165, 1.54) is 19.1 Å². The topological polar surface area (TPSA) is 53.1 Å². The summed E-state index contributed by atoms with van der Waals surface area (Å²) in [6.45, 7) is 1.43. The molecule has 15 heavy (non-hydrogen) atoms. The molecule has 0 aliphatic carbocycles. The van der Waals surface area contributed by atoms with Crippen LogP contribution in [-0.2, 0) is 0 Å². The van der Waals surface area contributed by atoms with E-state index in [9.17, 15) is 9.18 Å². The number of carboxylic acids is 1. The fourth-order valence-corrected chi connectivity index (χ4v) is 1.50. The molecule has 0 bridgehead atoms. The van der Waals surface area contributed by atoms with Crippen molar-refractivity contribution in [1.29, 1.82) is 0 Å². The van der Waals surface area contributed by atoms with Gasteiger partial charge in [-0.1, -0.05) is 0 Å². The lowest BCUT2D eigenvalue weighted by molar-refractivity contribution is 0.0697. The predicted octanol–water partition coefficient (Wildman–Crippen LogP) is 2.90. The van der Waals surface area contributed by atoms with Gasteiger partial charge in [0.1, 0.15) is 6.17 Å². The van der Waals surface area contributed by atoms with Gasteiger partial charge in [-0.3, -0.25) is 0 Å². The summed E-state index contributed by atoms with van der Waals surface area (Å²) >= 11 is 0. The van der Waals surface area contributed by atoms with Crippen molar-refractivity contribution in [3.05, 3.63) is 35.5 Å². The Morgan fingerprint density at radius 3 is 2.80 bits per heavy atom. The number of H-pyrrole nitrogens is 1. The zero-order valence-electron chi connectivity index (χ0n) is 8.12. The largest absolute Gasteiger partial charge is 0.478 e. The number of carboxylic acid groups (broad SMARTS) is 1. The summed E-state index contributed by atoms with van der Waals surface area (Å²) in [5, 5.41) is 9.49. The number of fused-ring (bicyclic) bond motifs is 1. The van der Waals surface area contributed by atoms with Gasteiger partial charge >= 0.3 is 5.97 Å². The van der Waals surface area contributed by atoms with Gasteiger partial charge in [0.25, 0.3) is 0 Å². The number of halogens is 1. The van der Waals surface area contributed by atoms with Crippen LogP contribution in [0.15, 0.2) is 24.3 Å². The molecule has 0 saturated heterocycles. The molecule has 0 radical (unpaired) electrons. The number of nitrogens with one attached hydrogen (secondary N) is 1. The molecule has 1 heterocycles. The van der Waals surface area contributed by atoms with Crippen LogP contribution in [0.3, 0.4) is 0 Å². The number of rotatable bonds is 2. The predicted molar refractivity (Wildman–Crippen MR) is 54.8 cm³/mol. The highest BCUT2D eigenvalue weighted by Gasteiger charge is 2.09. The maximum absolute atomic E-state index is 13.0. The van der Waals surface area contributed by atoms with Gasteiger partial charge in [-0.25, -0.2) is 9.18 Å². The first kappa shape index (κ1) is 9.71. The standard InChI is InChI=1S/C11H10FNO2/c1-6(12)10-5-8-4-7(11(14)15)2-3-9(8)13-10/h2-6,13H,1H3,(H,14,15). The summed E-state index contributed by atoms with van der Waals surface area (Å²) in [5.41, 5.74) is 1.42. The maximum atomic E-state index is 13.0. The van der Waals surface area contributed by atoms with E-state index >= 15 is 0 Å². The molecular weight excluding hydrogens is 197 g/mol. The van der Waals surface area contributed by atoms with Crippen molar-refractivity contribution in [1.82, 2.24) is 4.98 Å². The Bertz CT molecular complexity index is 516. The number of hydrogen-bond acceptors (Lipinski definition) is 1. The molecule has 78 valence electrons. The molecule has 2 rings (SSSR count). The monoisotopic (exact) mass is 207 g/mol. The fraction of sp³-hybridized carbons (Fsp3) is 0.182. The van der Waals surface area contributed by atoms with E-state index in [2.05, 4.69) is 4.98 Å². The van der Waals surface area contributed by atoms with Crippen LogP contribution in [0.5, 0.6) is 0 Å². The quantitative estimate of drug-likeness (QED) is 0.795. The second-order valence-corrected chi connectivity index (χ2v) is 3.45.